The van der Waals surface area contributed by atoms with Crippen molar-refractivity contribution in [1.29, 1.82) is 0 Å². The molecule has 91 heavy (non-hydrogen) atoms. The number of aromatic amines is 1. The molecule has 4 aliphatic heterocycles. The fourth-order valence-electron chi connectivity index (χ4n) is 13.8. The highest BCUT2D eigenvalue weighted by Crippen LogP contribution is 2.44. The number of amides is 5. The van der Waals surface area contributed by atoms with Gasteiger partial charge in [0.25, 0.3) is 27.5 Å². The molecular formula is C67H76ClN11O11S. The summed E-state index contributed by atoms with van der Waals surface area (Å²) in [6, 6.07) is 25.3. The Morgan fingerprint density at radius 3 is 2.41 bits per heavy atom. The van der Waals surface area contributed by atoms with Crippen molar-refractivity contribution in [1.82, 2.24) is 39.6 Å². The quantitative estimate of drug-likeness (QED) is 0.0240. The first kappa shape index (κ1) is 62.8. The molecule has 6 aliphatic rings. The standard InChI is InChI=1S/C67H76ClN11O11S/c1-67(2)24-22-46(54(38-67)44-10-12-47(68)13-11-44)41-74-26-28-76(29-27-74)49-16-18-53(60(36-49)90-50-35-45-23-25-69-63(45)71-40-50)64(82)73-91(87,88)51-17-19-56(58(37-51)79(85)86)70-39-43-8-14-48(15-9-43)75-30-32-77(33-31-75)62(81)7-4-34-89-59-6-3-5-52-55(59)42-78(66(52)84)57-20-21-61(80)72-65(57)83/h3,5-6,10-13,16-19,23,25,35-37,40,43,48,57,70H,4,7-9,14-15,20-22,24,26-34,38-39,41-42H2,1-2H3,(H,69,71)(H,73,82)(H,72,80,83). The van der Waals surface area contributed by atoms with Gasteiger partial charge in [-0.3, -0.25) is 49.2 Å². The number of carbonyl (C=O) groups is 5. The second kappa shape index (κ2) is 26.8. The van der Waals surface area contributed by atoms with E-state index in [-0.39, 0.29) is 72.0 Å². The van der Waals surface area contributed by atoms with Crippen LogP contribution in [0.3, 0.4) is 0 Å². The lowest BCUT2D eigenvalue weighted by Gasteiger charge is -2.42. The van der Waals surface area contributed by atoms with E-state index in [2.05, 4.69) is 66.0 Å². The third-order valence-corrected chi connectivity index (χ3v) is 20.5. The molecule has 24 heteroatoms. The van der Waals surface area contributed by atoms with Crippen molar-refractivity contribution in [2.75, 3.05) is 82.3 Å². The SMILES string of the molecule is CC1(C)CCC(CN2CCN(c3ccc(C(=O)NS(=O)(=O)c4ccc(NCC5CCC(N6CCN(C(=O)CCCOc7cccc8c7CN(C7CCC(=O)NC7=O)C8=O)CC6)CC5)c([N+](=O)[O-])c4)c(Oc4cnc5[nH]ccc5c4)c3)CC2)=C(c2ccc(Cl)cc2)C1. The van der Waals surface area contributed by atoms with Crippen LogP contribution in [-0.2, 0) is 31.0 Å². The second-order valence-electron chi connectivity index (χ2n) is 25.5. The number of hydrogen-bond acceptors (Lipinski definition) is 16. The lowest BCUT2D eigenvalue weighted by molar-refractivity contribution is -0.384. The number of benzene rings is 4. The molecular weight excluding hydrogens is 1200 g/mol. The van der Waals surface area contributed by atoms with Crippen LogP contribution in [0.1, 0.15) is 116 Å². The van der Waals surface area contributed by atoms with Crippen LogP contribution in [0.2, 0.25) is 5.02 Å². The van der Waals surface area contributed by atoms with Gasteiger partial charge < -0.3 is 34.5 Å². The van der Waals surface area contributed by atoms with Crippen LogP contribution < -0.4 is 29.7 Å². The van der Waals surface area contributed by atoms with Gasteiger partial charge in [0, 0.05) is 130 Å². The number of carbonyl (C=O) groups excluding carboxylic acids is 5. The molecule has 22 nitrogen and oxygen atoms in total. The summed E-state index contributed by atoms with van der Waals surface area (Å²) in [5, 5.41) is 19.6. The Hall–Kier alpha value is -8.38. The summed E-state index contributed by atoms with van der Waals surface area (Å²) in [4.78, 5) is 94.5. The van der Waals surface area contributed by atoms with E-state index in [1.165, 1.54) is 46.0 Å². The first-order valence-electron chi connectivity index (χ1n) is 31.5. The third-order valence-electron chi connectivity index (χ3n) is 19.0. The number of allylic oxidation sites excluding steroid dienone is 1. The molecule has 4 N–H and O–H groups in total. The molecule has 4 aromatic carbocycles. The summed E-state index contributed by atoms with van der Waals surface area (Å²) in [5.41, 5.74) is 6.53. The fourth-order valence-corrected chi connectivity index (χ4v) is 14.9. The van der Waals surface area contributed by atoms with Crippen LogP contribution in [0.15, 0.2) is 114 Å². The van der Waals surface area contributed by atoms with Crippen molar-refractivity contribution in [2.24, 2.45) is 11.3 Å². The molecule has 4 fully saturated rings. The number of aromatic nitrogens is 2. The van der Waals surface area contributed by atoms with Crippen molar-refractivity contribution in [3.63, 3.8) is 0 Å². The molecule has 3 saturated heterocycles. The Bertz CT molecular complexity index is 3930. The van der Waals surface area contributed by atoms with E-state index in [4.69, 9.17) is 21.1 Å². The van der Waals surface area contributed by atoms with Crippen molar-refractivity contribution in [2.45, 2.75) is 108 Å². The van der Waals surface area contributed by atoms with E-state index in [0.717, 1.165) is 94.8 Å². The predicted molar refractivity (Wildman–Crippen MR) is 345 cm³/mol. The summed E-state index contributed by atoms with van der Waals surface area (Å²) in [5.74, 6) is -0.817. The van der Waals surface area contributed by atoms with Crippen LogP contribution in [0, 0.1) is 21.4 Å². The van der Waals surface area contributed by atoms with Gasteiger partial charge in [0.1, 0.15) is 34.6 Å². The van der Waals surface area contributed by atoms with E-state index >= 15 is 0 Å². The molecule has 0 radical (unpaired) electrons. The number of piperidine rings is 1. The number of sulfonamides is 1. The zero-order chi connectivity index (χ0) is 63.6. The second-order valence-corrected chi connectivity index (χ2v) is 27.7. The number of nitrogens with one attached hydrogen (secondary N) is 4. The van der Waals surface area contributed by atoms with Gasteiger partial charge in [-0.05, 0) is 141 Å². The van der Waals surface area contributed by atoms with Crippen LogP contribution in [0.25, 0.3) is 16.6 Å². The number of halogens is 1. The Balaban J connectivity index is 0.617. The van der Waals surface area contributed by atoms with Crippen LogP contribution >= 0.6 is 11.6 Å². The summed E-state index contributed by atoms with van der Waals surface area (Å²) >= 11 is 6.28. The summed E-state index contributed by atoms with van der Waals surface area (Å²) in [7, 11) is -4.64. The summed E-state index contributed by atoms with van der Waals surface area (Å²) < 4.78 is 42.7. The smallest absolute Gasteiger partial charge is 0.293 e. The average Bonchev–Trinajstić information content (AvgIpc) is 1.82. The van der Waals surface area contributed by atoms with Gasteiger partial charge in [-0.15, -0.1) is 0 Å². The average molecular weight is 1280 g/mol. The minimum absolute atomic E-state index is 0.0555. The molecule has 0 spiro atoms. The maximum atomic E-state index is 14.2. The molecule has 0 bridgehead atoms. The molecule has 6 heterocycles. The Morgan fingerprint density at radius 2 is 1.65 bits per heavy atom. The lowest BCUT2D eigenvalue weighted by atomic mass is 9.72. The molecule has 1 unspecified atom stereocenters. The van der Waals surface area contributed by atoms with Gasteiger partial charge >= 0.3 is 0 Å². The van der Waals surface area contributed by atoms with E-state index in [9.17, 15) is 42.5 Å². The van der Waals surface area contributed by atoms with Gasteiger partial charge in [0.15, 0.2) is 0 Å². The minimum Gasteiger partial charge on any atom is -0.493 e. The normalized spacial score (nSPS) is 20.8. The number of H-pyrrole nitrogens is 1. The zero-order valence-corrected chi connectivity index (χ0v) is 52.8. The van der Waals surface area contributed by atoms with Crippen LogP contribution in [0.4, 0.5) is 17.1 Å². The van der Waals surface area contributed by atoms with E-state index in [1.54, 1.807) is 42.6 Å². The van der Waals surface area contributed by atoms with Crippen LogP contribution in [-0.4, -0.2) is 157 Å². The van der Waals surface area contributed by atoms with Gasteiger partial charge in [-0.1, -0.05) is 49.2 Å². The molecule has 5 amide bonds. The van der Waals surface area contributed by atoms with E-state index in [0.29, 0.717) is 84.9 Å². The molecule has 6 aromatic rings. The number of fused-ring (bicyclic) bond motifs is 2. The van der Waals surface area contributed by atoms with E-state index < -0.39 is 43.4 Å². The molecule has 12 rings (SSSR count). The number of hydrogen-bond donors (Lipinski definition) is 4. The number of pyridine rings is 1. The minimum atomic E-state index is -4.64. The largest absolute Gasteiger partial charge is 0.493 e. The Labute approximate surface area is 533 Å². The highest BCUT2D eigenvalue weighted by atomic mass is 35.5. The number of ether oxygens (including phenoxy) is 2. The Morgan fingerprint density at radius 1 is 0.868 bits per heavy atom. The number of nitrogens with zero attached hydrogens (tertiary/aromatic N) is 7. The van der Waals surface area contributed by atoms with Gasteiger partial charge in [0.05, 0.1) is 34.7 Å². The topological polar surface area (TPSA) is 262 Å². The molecule has 478 valence electrons. The first-order chi connectivity index (χ1) is 43.8. The van der Waals surface area contributed by atoms with Crippen LogP contribution in [0.5, 0.6) is 17.2 Å². The third kappa shape index (κ3) is 14.4. The number of rotatable bonds is 20. The van der Waals surface area contributed by atoms with Crippen molar-refractivity contribution in [3.05, 3.63) is 146 Å². The van der Waals surface area contributed by atoms with Gasteiger partial charge in [-0.2, -0.15) is 0 Å². The predicted octanol–water partition coefficient (Wildman–Crippen LogP) is 9.56. The van der Waals surface area contributed by atoms with Crippen molar-refractivity contribution >= 4 is 84.8 Å². The number of nitro groups is 1. The summed E-state index contributed by atoms with van der Waals surface area (Å²) in [6.07, 6.45) is 11.3. The van der Waals surface area contributed by atoms with E-state index in [1.807, 2.05) is 23.1 Å². The van der Waals surface area contributed by atoms with Crippen molar-refractivity contribution in [3.8, 4) is 17.2 Å². The zero-order valence-electron chi connectivity index (χ0n) is 51.2. The molecule has 2 aromatic heterocycles. The highest BCUT2D eigenvalue weighted by molar-refractivity contribution is 7.90. The fraction of sp³-hybridized carbons (Fsp3) is 0.433. The monoisotopic (exact) mass is 1280 g/mol. The number of piperazine rings is 2. The van der Waals surface area contributed by atoms with Gasteiger partial charge in [0.2, 0.25) is 17.7 Å². The van der Waals surface area contributed by atoms with Crippen molar-refractivity contribution < 1.29 is 46.8 Å². The maximum absolute atomic E-state index is 14.2. The molecule has 2 aliphatic carbocycles. The molecule has 1 saturated carbocycles. The molecule has 1 atom stereocenters. The van der Waals surface area contributed by atoms with Gasteiger partial charge in [-0.25, -0.2) is 18.1 Å². The number of imide groups is 1. The Kier molecular flexibility index (Phi) is 18.5. The maximum Gasteiger partial charge on any atom is 0.293 e. The number of anilines is 2. The highest BCUT2D eigenvalue weighted by Gasteiger charge is 2.41. The first-order valence-corrected chi connectivity index (χ1v) is 33.4. The summed E-state index contributed by atoms with van der Waals surface area (Å²) in [6.45, 7) is 12.2. The number of nitro benzene ring substituents is 1. The lowest BCUT2D eigenvalue weighted by Crippen LogP contribution is -2.52.